The van der Waals surface area contributed by atoms with Crippen LogP contribution in [0.2, 0.25) is 0 Å². The maximum Gasteiger partial charge on any atom is 0.186 e. The second-order valence-electron chi connectivity index (χ2n) is 2.20. The predicted octanol–water partition coefficient (Wildman–Crippen LogP) is -0.0952. The smallest absolute Gasteiger partial charge is 0.186 e. The second kappa shape index (κ2) is 7.24. The molecule has 0 saturated heterocycles. The Morgan fingerprint density at radius 1 is 1.50 bits per heavy atom. The van der Waals surface area contributed by atoms with Crippen LogP contribution in [0.1, 0.15) is 6.92 Å². The Balaban J connectivity index is 3.75. The molecule has 12 heavy (non-hydrogen) atoms. The van der Waals surface area contributed by atoms with E-state index in [4.69, 9.17) is 19.7 Å². The van der Waals surface area contributed by atoms with E-state index < -0.39 is 12.4 Å². The van der Waals surface area contributed by atoms with Crippen LogP contribution in [0.3, 0.4) is 0 Å². The van der Waals surface area contributed by atoms with Crippen molar-refractivity contribution >= 4 is 0 Å². The predicted molar refractivity (Wildman–Crippen MR) is 44.7 cm³/mol. The first-order valence-electron chi connectivity index (χ1n) is 3.89. The van der Waals surface area contributed by atoms with Gasteiger partial charge in [0.05, 0.1) is 13.2 Å². The van der Waals surface area contributed by atoms with Gasteiger partial charge in [0.15, 0.2) is 6.29 Å². The van der Waals surface area contributed by atoms with Gasteiger partial charge in [0.2, 0.25) is 0 Å². The molecule has 0 bridgehead atoms. The molecule has 2 N–H and O–H groups in total. The minimum atomic E-state index is -0.995. The topological polar surface area (TPSA) is 58.9 Å². The van der Waals surface area contributed by atoms with Gasteiger partial charge in [-0.2, -0.15) is 0 Å². The fourth-order valence-corrected chi connectivity index (χ4v) is 0.683. The molecule has 0 saturated carbocycles. The molecule has 0 fully saturated rings. The van der Waals surface area contributed by atoms with Crippen LogP contribution in [0.4, 0.5) is 0 Å². The minimum Gasteiger partial charge on any atom is -0.393 e. The first-order valence-corrected chi connectivity index (χ1v) is 3.89. The Morgan fingerprint density at radius 2 is 2.17 bits per heavy atom. The Hall–Kier alpha value is -0.420. The average Bonchev–Trinajstić information content (AvgIpc) is 2.11. The van der Waals surface area contributed by atoms with Gasteiger partial charge in [-0.25, -0.2) is 0 Å². The lowest BCUT2D eigenvalue weighted by atomic mass is 10.3. The van der Waals surface area contributed by atoms with Gasteiger partial charge in [0.25, 0.3) is 0 Å². The number of ether oxygens (including phenoxy) is 2. The van der Waals surface area contributed by atoms with Crippen molar-refractivity contribution < 1.29 is 19.7 Å². The lowest BCUT2D eigenvalue weighted by Crippen LogP contribution is -2.34. The molecule has 0 rings (SSSR count). The van der Waals surface area contributed by atoms with E-state index in [0.29, 0.717) is 13.2 Å². The summed E-state index contributed by atoms with van der Waals surface area (Å²) in [6.45, 7) is 5.59. The molecule has 0 amide bonds. The summed E-state index contributed by atoms with van der Waals surface area (Å²) in [5.74, 6) is 0. The zero-order valence-corrected chi connectivity index (χ0v) is 7.27. The van der Waals surface area contributed by atoms with Gasteiger partial charge >= 0.3 is 0 Å². The summed E-state index contributed by atoms with van der Waals surface area (Å²) < 4.78 is 10.1. The van der Waals surface area contributed by atoms with Crippen LogP contribution >= 0.6 is 0 Å². The lowest BCUT2D eigenvalue weighted by molar-refractivity contribution is -0.193. The Bertz CT molecular complexity index is 116. The molecule has 2 atom stereocenters. The van der Waals surface area contributed by atoms with Gasteiger partial charge in [0.1, 0.15) is 6.10 Å². The molecule has 4 heteroatoms. The number of hydrogen-bond donors (Lipinski definition) is 2. The van der Waals surface area contributed by atoms with Crippen LogP contribution in [-0.4, -0.2) is 42.4 Å². The second-order valence-corrected chi connectivity index (χ2v) is 2.20. The van der Waals surface area contributed by atoms with E-state index >= 15 is 0 Å². The number of aliphatic hydroxyl groups is 2. The van der Waals surface area contributed by atoms with Gasteiger partial charge in [-0.05, 0) is 6.92 Å². The highest BCUT2D eigenvalue weighted by Gasteiger charge is 2.18. The van der Waals surface area contributed by atoms with Gasteiger partial charge in [-0.15, -0.1) is 6.58 Å². The standard InChI is InChI=1S/C8H16O4/c1-3-5-12-8(11-4-2)7(10)6-9/h3,7-10H,1,4-6H2,2H3/t7-,8-/m0/s1. The van der Waals surface area contributed by atoms with Crippen LogP contribution in [-0.2, 0) is 9.47 Å². The summed E-state index contributed by atoms with van der Waals surface area (Å²) in [5.41, 5.74) is 0. The Morgan fingerprint density at radius 3 is 2.58 bits per heavy atom. The highest BCUT2D eigenvalue weighted by molar-refractivity contribution is 4.66. The van der Waals surface area contributed by atoms with E-state index in [0.717, 1.165) is 0 Å². The molecule has 72 valence electrons. The molecule has 0 spiro atoms. The largest absolute Gasteiger partial charge is 0.393 e. The van der Waals surface area contributed by atoms with Gasteiger partial charge in [-0.1, -0.05) is 6.08 Å². The third-order valence-corrected chi connectivity index (χ3v) is 1.21. The van der Waals surface area contributed by atoms with Crippen molar-refractivity contribution in [3.8, 4) is 0 Å². The molecule has 0 aliphatic carbocycles. The minimum absolute atomic E-state index is 0.293. The maximum atomic E-state index is 9.14. The normalized spacial score (nSPS) is 15.6. The van der Waals surface area contributed by atoms with Crippen molar-refractivity contribution in [1.29, 1.82) is 0 Å². The first kappa shape index (κ1) is 11.6. The quantitative estimate of drug-likeness (QED) is 0.420. The fraction of sp³-hybridized carbons (Fsp3) is 0.750. The molecule has 0 aromatic heterocycles. The summed E-state index contributed by atoms with van der Waals surface area (Å²) in [6.07, 6.45) is -0.210. The molecule has 0 aliphatic rings. The summed E-state index contributed by atoms with van der Waals surface area (Å²) >= 11 is 0. The molecule has 0 aromatic rings. The number of rotatable bonds is 7. The molecular weight excluding hydrogens is 160 g/mol. The first-order chi connectivity index (χ1) is 5.76. The van der Waals surface area contributed by atoms with Crippen LogP contribution in [0.5, 0.6) is 0 Å². The van der Waals surface area contributed by atoms with E-state index in [1.165, 1.54) is 0 Å². The van der Waals surface area contributed by atoms with E-state index in [1.807, 2.05) is 0 Å². The molecule has 0 aliphatic heterocycles. The SMILES string of the molecule is C=CCO[C@H](OCC)[C@@H](O)CO. The monoisotopic (exact) mass is 176 g/mol. The number of hydrogen-bond acceptors (Lipinski definition) is 4. The summed E-state index contributed by atoms with van der Waals surface area (Å²) in [4.78, 5) is 0. The van der Waals surface area contributed by atoms with Crippen molar-refractivity contribution in [3.05, 3.63) is 12.7 Å². The Labute approximate surface area is 72.4 Å². The zero-order chi connectivity index (χ0) is 9.40. The van der Waals surface area contributed by atoms with Crippen molar-refractivity contribution in [2.24, 2.45) is 0 Å². The molecular formula is C8H16O4. The molecule has 0 unspecified atom stereocenters. The van der Waals surface area contributed by atoms with E-state index in [1.54, 1.807) is 13.0 Å². The van der Waals surface area contributed by atoms with Gasteiger partial charge in [0, 0.05) is 6.61 Å². The summed E-state index contributed by atoms with van der Waals surface area (Å²) in [7, 11) is 0. The fourth-order valence-electron chi connectivity index (χ4n) is 0.683. The number of aliphatic hydroxyl groups excluding tert-OH is 2. The highest BCUT2D eigenvalue weighted by Crippen LogP contribution is 2.01. The van der Waals surface area contributed by atoms with Crippen LogP contribution in [0.25, 0.3) is 0 Å². The van der Waals surface area contributed by atoms with Crippen LogP contribution in [0.15, 0.2) is 12.7 Å². The average molecular weight is 176 g/mol. The van der Waals surface area contributed by atoms with Crippen LogP contribution < -0.4 is 0 Å². The van der Waals surface area contributed by atoms with Gasteiger partial charge < -0.3 is 19.7 Å². The maximum absolute atomic E-state index is 9.14. The van der Waals surface area contributed by atoms with Crippen molar-refractivity contribution in [2.75, 3.05) is 19.8 Å². The van der Waals surface area contributed by atoms with Crippen molar-refractivity contribution in [1.82, 2.24) is 0 Å². The third kappa shape index (κ3) is 4.46. The highest BCUT2D eigenvalue weighted by atomic mass is 16.7. The van der Waals surface area contributed by atoms with Gasteiger partial charge in [-0.3, -0.25) is 0 Å². The third-order valence-electron chi connectivity index (χ3n) is 1.21. The summed E-state index contributed by atoms with van der Waals surface area (Å²) in [5, 5.41) is 17.7. The molecule has 4 nitrogen and oxygen atoms in total. The summed E-state index contributed by atoms with van der Waals surface area (Å²) in [6, 6.07) is 0. The lowest BCUT2D eigenvalue weighted by Gasteiger charge is -2.20. The van der Waals surface area contributed by atoms with E-state index in [9.17, 15) is 0 Å². The van der Waals surface area contributed by atoms with E-state index in [-0.39, 0.29) is 6.61 Å². The van der Waals surface area contributed by atoms with E-state index in [2.05, 4.69) is 6.58 Å². The molecule has 0 heterocycles. The van der Waals surface area contributed by atoms with Crippen molar-refractivity contribution in [3.63, 3.8) is 0 Å². The molecule has 0 aromatic carbocycles. The molecule has 0 radical (unpaired) electrons. The zero-order valence-electron chi connectivity index (χ0n) is 7.27. The Kier molecular flexibility index (Phi) is 6.99. The van der Waals surface area contributed by atoms with Crippen LogP contribution in [0, 0.1) is 0 Å². The van der Waals surface area contributed by atoms with Crippen molar-refractivity contribution in [2.45, 2.75) is 19.3 Å².